The Morgan fingerprint density at radius 1 is 1.38 bits per heavy atom. The van der Waals surface area contributed by atoms with Gasteiger partial charge < -0.3 is 4.90 Å². The zero-order valence-electron chi connectivity index (χ0n) is 13.3. The van der Waals surface area contributed by atoms with Gasteiger partial charge in [-0.3, -0.25) is 4.79 Å². The van der Waals surface area contributed by atoms with Crippen LogP contribution in [0.2, 0.25) is 0 Å². The quantitative estimate of drug-likeness (QED) is 0.729. The molecule has 1 aliphatic rings. The Balaban J connectivity index is 2.26. The van der Waals surface area contributed by atoms with Crippen LogP contribution in [0, 0.1) is 0 Å². The van der Waals surface area contributed by atoms with Crippen molar-refractivity contribution in [3.05, 3.63) is 42.5 Å². The van der Waals surface area contributed by atoms with E-state index in [9.17, 15) is 21.6 Å². The van der Waals surface area contributed by atoms with E-state index < -0.39 is 19.9 Å². The number of carbonyl (C=O) groups excluding carboxylic acids is 1. The maximum absolute atomic E-state index is 12.7. The summed E-state index contributed by atoms with van der Waals surface area (Å²) in [5.41, 5.74) is 0.302. The second-order valence-electron chi connectivity index (χ2n) is 5.53. The topological polar surface area (TPSA) is 101 Å². The first-order valence-corrected chi connectivity index (χ1v) is 10.7. The van der Waals surface area contributed by atoms with Crippen molar-refractivity contribution in [3.8, 4) is 0 Å². The molecule has 7 nitrogen and oxygen atoms in total. The molecule has 1 aromatic rings. The summed E-state index contributed by atoms with van der Waals surface area (Å²) in [6, 6.07) is 5.15. The summed E-state index contributed by atoms with van der Waals surface area (Å²) in [5, 5.41) is 0. The smallest absolute Gasteiger partial charge is 0.254 e. The minimum atomic E-state index is -3.57. The summed E-state index contributed by atoms with van der Waals surface area (Å²) in [4.78, 5) is 14.2. The van der Waals surface area contributed by atoms with E-state index in [0.29, 0.717) is 12.0 Å². The van der Waals surface area contributed by atoms with Gasteiger partial charge in [-0.15, -0.1) is 6.58 Å². The molecule has 24 heavy (non-hydrogen) atoms. The van der Waals surface area contributed by atoms with Crippen molar-refractivity contribution < 1.29 is 21.6 Å². The van der Waals surface area contributed by atoms with Crippen molar-refractivity contribution in [2.75, 3.05) is 25.1 Å². The predicted molar refractivity (Wildman–Crippen MR) is 91.0 cm³/mol. The first-order chi connectivity index (χ1) is 11.2. The van der Waals surface area contributed by atoms with E-state index in [2.05, 4.69) is 11.3 Å². The molecule has 1 aliphatic heterocycles. The Morgan fingerprint density at radius 3 is 2.46 bits per heavy atom. The lowest BCUT2D eigenvalue weighted by molar-refractivity contribution is 0.0720. The average molecular weight is 372 g/mol. The number of sulfonamides is 1. The molecule has 1 atom stereocenters. The van der Waals surface area contributed by atoms with E-state index in [-0.39, 0.29) is 34.9 Å². The zero-order valence-corrected chi connectivity index (χ0v) is 14.9. The number of nitrogens with one attached hydrogen (secondary N) is 1. The van der Waals surface area contributed by atoms with Crippen LogP contribution in [0.3, 0.4) is 0 Å². The fourth-order valence-corrected chi connectivity index (χ4v) is 5.08. The molecular weight excluding hydrogens is 352 g/mol. The third-order valence-corrected chi connectivity index (χ3v) is 7.10. The van der Waals surface area contributed by atoms with E-state index in [4.69, 9.17) is 0 Å². The zero-order chi connectivity index (χ0) is 18.0. The van der Waals surface area contributed by atoms with Crippen molar-refractivity contribution in [3.63, 3.8) is 0 Å². The highest BCUT2D eigenvalue weighted by Gasteiger charge is 2.34. The van der Waals surface area contributed by atoms with Gasteiger partial charge in [-0.1, -0.05) is 6.08 Å². The maximum atomic E-state index is 12.7. The number of benzene rings is 1. The molecule has 2 rings (SSSR count). The molecule has 0 saturated carbocycles. The largest absolute Gasteiger partial charge is 0.331 e. The van der Waals surface area contributed by atoms with Crippen molar-refractivity contribution in [1.82, 2.24) is 9.62 Å². The number of carbonyl (C=O) groups is 1. The lowest BCUT2D eigenvalue weighted by Gasteiger charge is -2.27. The SMILES string of the molecule is C=CCN(C(=O)c1ccc(S(=O)(=O)NC)cc1)[C@H]1CCS(=O)(=O)C1. The fourth-order valence-electron chi connectivity index (χ4n) is 2.62. The van der Waals surface area contributed by atoms with E-state index in [0.717, 1.165) is 0 Å². The van der Waals surface area contributed by atoms with Crippen LogP contribution < -0.4 is 4.72 Å². The van der Waals surface area contributed by atoms with Crippen LogP contribution in [0.15, 0.2) is 41.8 Å². The van der Waals surface area contributed by atoms with Crippen LogP contribution in [0.5, 0.6) is 0 Å². The molecule has 1 amide bonds. The number of sulfone groups is 1. The second-order valence-corrected chi connectivity index (χ2v) is 9.65. The molecule has 1 fully saturated rings. The number of amides is 1. The van der Waals surface area contributed by atoms with Gasteiger partial charge in [-0.2, -0.15) is 0 Å². The number of rotatable bonds is 6. The monoisotopic (exact) mass is 372 g/mol. The highest BCUT2D eigenvalue weighted by molar-refractivity contribution is 7.91. The van der Waals surface area contributed by atoms with Crippen molar-refractivity contribution in [2.24, 2.45) is 0 Å². The second kappa shape index (κ2) is 7.04. The van der Waals surface area contributed by atoms with E-state index >= 15 is 0 Å². The minimum absolute atomic E-state index is 0.0558. The molecule has 1 heterocycles. The summed E-state index contributed by atoms with van der Waals surface area (Å²) in [6.07, 6.45) is 1.94. The van der Waals surface area contributed by atoms with Gasteiger partial charge in [0.1, 0.15) is 0 Å². The number of nitrogens with zero attached hydrogens (tertiary/aromatic N) is 1. The lowest BCUT2D eigenvalue weighted by Crippen LogP contribution is -2.41. The van der Waals surface area contributed by atoms with Crippen LogP contribution in [0.4, 0.5) is 0 Å². The maximum Gasteiger partial charge on any atom is 0.254 e. The van der Waals surface area contributed by atoms with E-state index in [1.54, 1.807) is 6.08 Å². The first-order valence-electron chi connectivity index (χ1n) is 7.36. The van der Waals surface area contributed by atoms with Crippen molar-refractivity contribution in [1.29, 1.82) is 0 Å². The summed E-state index contributed by atoms with van der Waals surface area (Å²) in [6.45, 7) is 3.84. The fraction of sp³-hybridized carbons (Fsp3) is 0.400. The van der Waals surface area contributed by atoms with Gasteiger partial charge in [0.2, 0.25) is 10.0 Å². The molecule has 1 aromatic carbocycles. The van der Waals surface area contributed by atoms with Crippen molar-refractivity contribution in [2.45, 2.75) is 17.4 Å². The predicted octanol–water partition coefficient (Wildman–Crippen LogP) is 0.410. The Hall–Kier alpha value is -1.71. The normalized spacial score (nSPS) is 19.8. The summed E-state index contributed by atoms with van der Waals surface area (Å²) in [7, 11) is -5.39. The van der Waals surface area contributed by atoms with E-state index in [1.807, 2.05) is 0 Å². The summed E-state index contributed by atoms with van der Waals surface area (Å²) >= 11 is 0. The standard InChI is InChI=1S/C15H20N2O5S2/c1-3-9-17(13-8-10-23(19,20)11-13)15(18)12-4-6-14(7-5-12)24(21,22)16-2/h3-7,13,16H,1,8-11H2,2H3/t13-/m0/s1. The molecule has 0 bridgehead atoms. The molecule has 0 aliphatic carbocycles. The Bertz CT molecular complexity index is 829. The molecule has 0 radical (unpaired) electrons. The van der Waals surface area contributed by atoms with Gasteiger partial charge in [0.15, 0.2) is 9.84 Å². The van der Waals surface area contributed by atoms with Gasteiger partial charge in [0.25, 0.3) is 5.91 Å². The molecule has 0 spiro atoms. The van der Waals surface area contributed by atoms with E-state index in [1.165, 1.54) is 36.2 Å². The average Bonchev–Trinajstić information content (AvgIpc) is 2.91. The van der Waals surface area contributed by atoms with Crippen LogP contribution >= 0.6 is 0 Å². The molecule has 1 N–H and O–H groups in total. The molecule has 0 aromatic heterocycles. The highest BCUT2D eigenvalue weighted by Crippen LogP contribution is 2.20. The summed E-state index contributed by atoms with van der Waals surface area (Å²) in [5.74, 6) is -0.332. The van der Waals surface area contributed by atoms with Gasteiger partial charge in [-0.05, 0) is 37.7 Å². The molecule has 0 unspecified atom stereocenters. The molecule has 9 heteroatoms. The van der Waals surface area contributed by atoms with Crippen LogP contribution in [0.25, 0.3) is 0 Å². The first kappa shape index (κ1) is 18.6. The lowest BCUT2D eigenvalue weighted by atomic mass is 10.1. The minimum Gasteiger partial charge on any atom is -0.331 e. The van der Waals surface area contributed by atoms with Crippen LogP contribution in [0.1, 0.15) is 16.8 Å². The van der Waals surface area contributed by atoms with Gasteiger partial charge in [0.05, 0.1) is 16.4 Å². The Morgan fingerprint density at radius 2 is 2.00 bits per heavy atom. The Kier molecular flexibility index (Phi) is 5.46. The van der Waals surface area contributed by atoms with Crippen LogP contribution in [-0.4, -0.2) is 58.8 Å². The number of hydrogen-bond donors (Lipinski definition) is 1. The van der Waals surface area contributed by atoms with Gasteiger partial charge >= 0.3 is 0 Å². The summed E-state index contributed by atoms with van der Waals surface area (Å²) < 4.78 is 48.9. The van der Waals surface area contributed by atoms with Gasteiger partial charge in [-0.25, -0.2) is 21.6 Å². The molecular formula is C15H20N2O5S2. The highest BCUT2D eigenvalue weighted by atomic mass is 32.2. The molecule has 1 saturated heterocycles. The number of hydrogen-bond acceptors (Lipinski definition) is 5. The van der Waals surface area contributed by atoms with Gasteiger partial charge in [0, 0.05) is 18.2 Å². The molecule has 132 valence electrons. The van der Waals surface area contributed by atoms with Crippen molar-refractivity contribution >= 4 is 25.8 Å². The van der Waals surface area contributed by atoms with Crippen LogP contribution in [-0.2, 0) is 19.9 Å². The Labute approximate surface area is 142 Å². The third-order valence-electron chi connectivity index (χ3n) is 3.92. The third kappa shape index (κ3) is 4.03.